The average Bonchev–Trinajstić information content (AvgIpc) is 2.83. The van der Waals surface area contributed by atoms with E-state index in [4.69, 9.17) is 9.15 Å². The van der Waals surface area contributed by atoms with Crippen molar-refractivity contribution in [1.82, 2.24) is 9.97 Å². The number of carbonyl (C=O) groups excluding carboxylic acids is 1. The van der Waals surface area contributed by atoms with Crippen molar-refractivity contribution in [2.45, 2.75) is 6.92 Å². The predicted octanol–water partition coefficient (Wildman–Crippen LogP) is 2.55. The molecule has 3 aromatic rings. The number of hydrogen-bond acceptors (Lipinski definition) is 5. The summed E-state index contributed by atoms with van der Waals surface area (Å²) in [6.45, 7) is 2.02. The molecule has 5 nitrogen and oxygen atoms in total. The van der Waals surface area contributed by atoms with Crippen LogP contribution in [0.2, 0.25) is 0 Å². The van der Waals surface area contributed by atoms with Gasteiger partial charge in [0, 0.05) is 11.6 Å². The molecule has 2 aromatic heterocycles. The van der Waals surface area contributed by atoms with Crippen LogP contribution in [-0.4, -0.2) is 22.5 Å². The molecule has 18 heavy (non-hydrogen) atoms. The molecule has 2 heterocycles. The summed E-state index contributed by atoms with van der Waals surface area (Å²) in [7, 11) is 0. The number of oxazole rings is 1. The van der Waals surface area contributed by atoms with Crippen LogP contribution >= 0.6 is 0 Å². The van der Waals surface area contributed by atoms with Gasteiger partial charge < -0.3 is 9.15 Å². The minimum absolute atomic E-state index is 0.0370. The normalized spacial score (nSPS) is 10.9. The van der Waals surface area contributed by atoms with Gasteiger partial charge in [-0.3, -0.25) is 4.98 Å². The van der Waals surface area contributed by atoms with Gasteiger partial charge >= 0.3 is 11.9 Å². The summed E-state index contributed by atoms with van der Waals surface area (Å²) >= 11 is 0. The first-order valence-corrected chi connectivity index (χ1v) is 5.61. The van der Waals surface area contributed by atoms with Crippen LogP contribution in [0, 0.1) is 0 Å². The molecule has 0 unspecified atom stereocenters. The van der Waals surface area contributed by atoms with Gasteiger partial charge in [-0.15, -0.1) is 0 Å². The van der Waals surface area contributed by atoms with Crippen molar-refractivity contribution in [3.8, 4) is 0 Å². The zero-order valence-electron chi connectivity index (χ0n) is 9.71. The van der Waals surface area contributed by atoms with E-state index in [0.717, 1.165) is 5.39 Å². The van der Waals surface area contributed by atoms with Gasteiger partial charge in [-0.25, -0.2) is 9.78 Å². The molecule has 3 rings (SSSR count). The van der Waals surface area contributed by atoms with E-state index in [0.29, 0.717) is 16.6 Å². The standard InChI is InChI=1S/C13H10N2O3/c1-2-17-13(16)12-15-9-6-5-8-4-3-7-14-10(8)11(9)18-12/h3-7H,2H2,1H3. The van der Waals surface area contributed by atoms with Crippen molar-refractivity contribution in [2.24, 2.45) is 0 Å². The van der Waals surface area contributed by atoms with Gasteiger partial charge in [0.1, 0.15) is 11.0 Å². The lowest BCUT2D eigenvalue weighted by Gasteiger charge is -1.95. The number of hydrogen-bond donors (Lipinski definition) is 0. The topological polar surface area (TPSA) is 65.2 Å². The molecule has 0 saturated heterocycles. The highest BCUT2D eigenvalue weighted by Gasteiger charge is 2.17. The molecular formula is C13H10N2O3. The van der Waals surface area contributed by atoms with E-state index in [1.807, 2.05) is 18.2 Å². The molecule has 1 aromatic carbocycles. The Balaban J connectivity index is 2.22. The second-order valence-electron chi connectivity index (χ2n) is 3.73. The summed E-state index contributed by atoms with van der Waals surface area (Å²) in [5.74, 6) is -0.595. The fourth-order valence-corrected chi connectivity index (χ4v) is 1.81. The van der Waals surface area contributed by atoms with Crippen LogP contribution < -0.4 is 0 Å². The van der Waals surface area contributed by atoms with Gasteiger partial charge in [0.2, 0.25) is 0 Å². The van der Waals surface area contributed by atoms with Crippen molar-refractivity contribution in [1.29, 1.82) is 0 Å². The fourth-order valence-electron chi connectivity index (χ4n) is 1.81. The molecule has 90 valence electrons. The van der Waals surface area contributed by atoms with Gasteiger partial charge in [0.25, 0.3) is 0 Å². The van der Waals surface area contributed by atoms with Gasteiger partial charge in [-0.2, -0.15) is 0 Å². The van der Waals surface area contributed by atoms with Crippen molar-refractivity contribution < 1.29 is 13.9 Å². The highest BCUT2D eigenvalue weighted by molar-refractivity contribution is 6.01. The maximum absolute atomic E-state index is 11.6. The summed E-state index contributed by atoms with van der Waals surface area (Å²) in [6, 6.07) is 7.46. The van der Waals surface area contributed by atoms with Crippen LogP contribution in [0.5, 0.6) is 0 Å². The highest BCUT2D eigenvalue weighted by atomic mass is 16.5. The summed E-state index contributed by atoms with van der Waals surface area (Å²) in [4.78, 5) is 19.9. The minimum atomic E-state index is -0.558. The Morgan fingerprint density at radius 3 is 3.11 bits per heavy atom. The lowest BCUT2D eigenvalue weighted by molar-refractivity contribution is 0.0483. The summed E-state index contributed by atoms with van der Waals surface area (Å²) in [5, 5.41) is 0.941. The Kier molecular flexibility index (Phi) is 2.44. The Bertz CT molecular complexity index is 733. The van der Waals surface area contributed by atoms with E-state index in [-0.39, 0.29) is 12.5 Å². The number of aromatic nitrogens is 2. The van der Waals surface area contributed by atoms with E-state index in [1.54, 1.807) is 19.2 Å². The summed E-state index contributed by atoms with van der Waals surface area (Å²) in [5.41, 5.74) is 1.80. The van der Waals surface area contributed by atoms with Crippen molar-refractivity contribution in [2.75, 3.05) is 6.61 Å². The van der Waals surface area contributed by atoms with Gasteiger partial charge in [-0.05, 0) is 19.1 Å². The minimum Gasteiger partial charge on any atom is -0.459 e. The second kappa shape index (κ2) is 4.10. The first-order chi connectivity index (χ1) is 8.79. The van der Waals surface area contributed by atoms with Gasteiger partial charge in [-0.1, -0.05) is 12.1 Å². The van der Waals surface area contributed by atoms with Crippen LogP contribution in [-0.2, 0) is 4.74 Å². The lowest BCUT2D eigenvalue weighted by atomic mass is 10.2. The van der Waals surface area contributed by atoms with Crippen LogP contribution in [0.15, 0.2) is 34.9 Å². The predicted molar refractivity (Wildman–Crippen MR) is 65.3 cm³/mol. The molecule has 5 heteroatoms. The molecule has 0 amide bonds. The van der Waals surface area contributed by atoms with Crippen molar-refractivity contribution in [3.05, 3.63) is 36.4 Å². The van der Waals surface area contributed by atoms with Crippen LogP contribution in [0.25, 0.3) is 22.0 Å². The molecule has 0 fully saturated rings. The largest absolute Gasteiger partial charge is 0.459 e. The molecule has 0 saturated carbocycles. The van der Waals surface area contributed by atoms with Crippen LogP contribution in [0.1, 0.15) is 17.6 Å². The number of nitrogens with zero attached hydrogens (tertiary/aromatic N) is 2. The molecule has 0 aliphatic carbocycles. The molecule has 0 N–H and O–H groups in total. The molecule has 0 bridgehead atoms. The fraction of sp³-hybridized carbons (Fsp3) is 0.154. The number of esters is 1. The SMILES string of the molecule is CCOC(=O)c1nc2ccc3cccnc3c2o1. The third-order valence-corrected chi connectivity index (χ3v) is 2.58. The number of carbonyl (C=O) groups is 1. The smallest absolute Gasteiger partial charge is 0.394 e. The van der Waals surface area contributed by atoms with Gasteiger partial charge in [0.15, 0.2) is 5.58 Å². The average molecular weight is 242 g/mol. The Hall–Kier alpha value is -2.43. The molecular weight excluding hydrogens is 232 g/mol. The van der Waals surface area contributed by atoms with E-state index in [1.165, 1.54) is 0 Å². The number of pyridine rings is 1. The van der Waals surface area contributed by atoms with Gasteiger partial charge in [0.05, 0.1) is 6.61 Å². The van der Waals surface area contributed by atoms with Crippen LogP contribution in [0.3, 0.4) is 0 Å². The first-order valence-electron chi connectivity index (χ1n) is 5.61. The number of ether oxygens (including phenoxy) is 1. The third-order valence-electron chi connectivity index (χ3n) is 2.58. The summed E-state index contributed by atoms with van der Waals surface area (Å²) in [6.07, 6.45) is 1.67. The molecule has 0 atom stereocenters. The maximum Gasteiger partial charge on any atom is 0.394 e. The Morgan fingerprint density at radius 2 is 2.28 bits per heavy atom. The number of fused-ring (bicyclic) bond motifs is 3. The second-order valence-corrected chi connectivity index (χ2v) is 3.73. The third kappa shape index (κ3) is 1.60. The molecule has 0 radical (unpaired) electrons. The Labute approximate surface area is 102 Å². The van der Waals surface area contributed by atoms with E-state index >= 15 is 0 Å². The molecule has 0 spiro atoms. The van der Waals surface area contributed by atoms with Crippen LogP contribution in [0.4, 0.5) is 0 Å². The monoisotopic (exact) mass is 242 g/mol. The molecule has 0 aliphatic heterocycles. The van der Waals surface area contributed by atoms with E-state index in [9.17, 15) is 4.79 Å². The number of rotatable bonds is 2. The van der Waals surface area contributed by atoms with Crippen molar-refractivity contribution >= 4 is 28.0 Å². The quantitative estimate of drug-likeness (QED) is 0.646. The lowest BCUT2D eigenvalue weighted by Crippen LogP contribution is -2.04. The van der Waals surface area contributed by atoms with E-state index < -0.39 is 5.97 Å². The maximum atomic E-state index is 11.6. The van der Waals surface area contributed by atoms with Crippen molar-refractivity contribution in [3.63, 3.8) is 0 Å². The summed E-state index contributed by atoms with van der Waals surface area (Å²) < 4.78 is 10.3. The van der Waals surface area contributed by atoms with E-state index in [2.05, 4.69) is 9.97 Å². The highest BCUT2D eigenvalue weighted by Crippen LogP contribution is 2.24. The zero-order chi connectivity index (χ0) is 12.5. The number of benzene rings is 1. The molecule has 0 aliphatic rings. The Morgan fingerprint density at radius 1 is 1.39 bits per heavy atom. The first kappa shape index (κ1) is 10.7. The zero-order valence-corrected chi connectivity index (χ0v) is 9.71.